The summed E-state index contributed by atoms with van der Waals surface area (Å²) in [6.07, 6.45) is 0. The molecule has 0 aliphatic rings. The van der Waals surface area contributed by atoms with Crippen LogP contribution in [0.15, 0.2) is 65.1 Å². The highest BCUT2D eigenvalue weighted by atomic mass is 35.5. The number of oxazole rings is 1. The lowest BCUT2D eigenvalue weighted by Gasteiger charge is -2.20. The van der Waals surface area contributed by atoms with E-state index >= 15 is 0 Å². The van der Waals surface area contributed by atoms with Gasteiger partial charge in [0.2, 0.25) is 5.89 Å². The summed E-state index contributed by atoms with van der Waals surface area (Å²) in [5.74, 6) is 0.185. The van der Waals surface area contributed by atoms with Crippen molar-refractivity contribution in [3.05, 3.63) is 76.3 Å². The van der Waals surface area contributed by atoms with Gasteiger partial charge in [-0.15, -0.1) is 0 Å². The third kappa shape index (κ3) is 4.38. The second-order valence-electron chi connectivity index (χ2n) is 6.98. The largest absolute Gasteiger partial charge is 0.436 e. The lowest BCUT2D eigenvalue weighted by Crippen LogP contribution is -2.21. The number of hydrogen-bond acceptors (Lipinski definition) is 4. The van der Waals surface area contributed by atoms with Gasteiger partial charge < -0.3 is 14.6 Å². The molecule has 1 amide bonds. The molecule has 0 radical (unpaired) electrons. The molecule has 4 rings (SSSR count). The molecule has 0 spiro atoms. The van der Waals surface area contributed by atoms with E-state index in [-0.39, 0.29) is 10.9 Å². The average molecular weight is 454 g/mol. The van der Waals surface area contributed by atoms with E-state index in [0.29, 0.717) is 33.3 Å². The molecule has 0 fully saturated rings. The maximum absolute atomic E-state index is 12.6. The molecule has 7 heteroatoms. The SMILES string of the molecule is CCN(CC)c1ccc(-c2nc3cc(NC(=O)c4cccc(Cl)c4Cl)ccc3o2)cc1. The zero-order valence-electron chi connectivity index (χ0n) is 17.2. The van der Waals surface area contributed by atoms with Gasteiger partial charge in [-0.1, -0.05) is 29.3 Å². The van der Waals surface area contributed by atoms with Crippen LogP contribution >= 0.6 is 23.2 Å². The Hall–Kier alpha value is -3.02. The fourth-order valence-corrected chi connectivity index (χ4v) is 3.80. The van der Waals surface area contributed by atoms with Crippen LogP contribution < -0.4 is 10.2 Å². The smallest absolute Gasteiger partial charge is 0.257 e. The molecule has 1 aromatic heterocycles. The normalized spacial score (nSPS) is 11.0. The van der Waals surface area contributed by atoms with Crippen LogP contribution in [0.25, 0.3) is 22.6 Å². The van der Waals surface area contributed by atoms with E-state index in [1.807, 2.05) is 12.1 Å². The molecule has 0 aliphatic heterocycles. The third-order valence-corrected chi connectivity index (χ3v) is 5.90. The van der Waals surface area contributed by atoms with Crippen molar-refractivity contribution in [1.29, 1.82) is 0 Å². The van der Waals surface area contributed by atoms with Crippen LogP contribution in [-0.4, -0.2) is 24.0 Å². The standard InChI is InChI=1S/C24H21Cl2N3O2/c1-3-29(4-2)17-11-8-15(9-12-17)24-28-20-14-16(10-13-21(20)31-24)27-23(30)18-6-5-7-19(25)22(18)26/h5-14H,3-4H2,1-2H3,(H,27,30). The van der Waals surface area contributed by atoms with Gasteiger partial charge in [-0.25, -0.2) is 4.98 Å². The number of fused-ring (bicyclic) bond motifs is 1. The minimum absolute atomic E-state index is 0.222. The van der Waals surface area contributed by atoms with E-state index in [9.17, 15) is 4.79 Å². The van der Waals surface area contributed by atoms with Crippen LogP contribution in [0.5, 0.6) is 0 Å². The number of carbonyl (C=O) groups excluding carboxylic acids is 1. The second kappa shape index (κ2) is 9.00. The van der Waals surface area contributed by atoms with Crippen LogP contribution in [0, 0.1) is 0 Å². The van der Waals surface area contributed by atoms with Gasteiger partial charge >= 0.3 is 0 Å². The molecular weight excluding hydrogens is 433 g/mol. The van der Waals surface area contributed by atoms with Crippen molar-refractivity contribution in [2.45, 2.75) is 13.8 Å². The maximum Gasteiger partial charge on any atom is 0.257 e. The molecule has 0 aliphatic carbocycles. The lowest BCUT2D eigenvalue weighted by molar-refractivity contribution is 0.102. The van der Waals surface area contributed by atoms with Crippen molar-refractivity contribution >= 4 is 51.6 Å². The Morgan fingerprint density at radius 3 is 2.48 bits per heavy atom. The molecule has 3 aromatic carbocycles. The summed E-state index contributed by atoms with van der Waals surface area (Å²) < 4.78 is 5.91. The first-order chi connectivity index (χ1) is 15.0. The summed E-state index contributed by atoms with van der Waals surface area (Å²) in [4.78, 5) is 19.5. The zero-order valence-corrected chi connectivity index (χ0v) is 18.7. The van der Waals surface area contributed by atoms with E-state index in [4.69, 9.17) is 27.6 Å². The molecule has 0 bridgehead atoms. The van der Waals surface area contributed by atoms with E-state index in [2.05, 4.69) is 41.2 Å². The van der Waals surface area contributed by atoms with Crippen LogP contribution in [0.3, 0.4) is 0 Å². The van der Waals surface area contributed by atoms with Gasteiger partial charge in [-0.2, -0.15) is 0 Å². The molecule has 0 unspecified atom stereocenters. The second-order valence-corrected chi connectivity index (χ2v) is 7.76. The van der Waals surface area contributed by atoms with E-state index in [0.717, 1.165) is 24.3 Å². The summed E-state index contributed by atoms with van der Waals surface area (Å²) in [6, 6.07) is 18.4. The Kier molecular flexibility index (Phi) is 6.16. The summed E-state index contributed by atoms with van der Waals surface area (Å²) in [5, 5.41) is 3.38. The first kappa shape index (κ1) is 21.2. The number of halogens is 2. The molecule has 0 saturated heterocycles. The summed E-state index contributed by atoms with van der Waals surface area (Å²) in [6.45, 7) is 6.17. The van der Waals surface area contributed by atoms with Gasteiger partial charge in [0.05, 0.1) is 15.6 Å². The molecule has 31 heavy (non-hydrogen) atoms. The van der Waals surface area contributed by atoms with Gasteiger partial charge in [0, 0.05) is 30.0 Å². The summed E-state index contributed by atoms with van der Waals surface area (Å²) in [5.41, 5.74) is 4.24. The quantitative estimate of drug-likeness (QED) is 0.344. The predicted octanol–water partition coefficient (Wildman–Crippen LogP) is 6.90. The summed E-state index contributed by atoms with van der Waals surface area (Å²) >= 11 is 12.2. The molecule has 5 nitrogen and oxygen atoms in total. The van der Waals surface area contributed by atoms with Crippen LogP contribution in [0.2, 0.25) is 10.0 Å². The first-order valence-electron chi connectivity index (χ1n) is 10.0. The predicted molar refractivity (Wildman–Crippen MR) is 127 cm³/mol. The molecule has 1 heterocycles. The molecule has 0 saturated carbocycles. The highest BCUT2D eigenvalue weighted by Crippen LogP contribution is 2.29. The zero-order chi connectivity index (χ0) is 22.0. The number of nitrogens with one attached hydrogen (secondary N) is 1. The van der Waals surface area contributed by atoms with Crippen molar-refractivity contribution < 1.29 is 9.21 Å². The van der Waals surface area contributed by atoms with Crippen molar-refractivity contribution in [3.63, 3.8) is 0 Å². The fraction of sp³-hybridized carbons (Fsp3) is 0.167. The Morgan fingerprint density at radius 2 is 1.77 bits per heavy atom. The molecule has 0 atom stereocenters. The number of hydrogen-bond donors (Lipinski definition) is 1. The number of nitrogens with zero attached hydrogens (tertiary/aromatic N) is 2. The highest BCUT2D eigenvalue weighted by Gasteiger charge is 2.14. The Labute approximate surface area is 190 Å². The lowest BCUT2D eigenvalue weighted by atomic mass is 10.2. The van der Waals surface area contributed by atoms with Gasteiger partial charge in [0.25, 0.3) is 5.91 Å². The minimum Gasteiger partial charge on any atom is -0.436 e. The third-order valence-electron chi connectivity index (χ3n) is 5.08. The van der Waals surface area contributed by atoms with E-state index in [1.54, 1.807) is 36.4 Å². The van der Waals surface area contributed by atoms with E-state index < -0.39 is 0 Å². The number of rotatable bonds is 6. The van der Waals surface area contributed by atoms with Gasteiger partial charge in [0.15, 0.2) is 5.58 Å². The number of aromatic nitrogens is 1. The van der Waals surface area contributed by atoms with Gasteiger partial charge in [-0.3, -0.25) is 4.79 Å². The molecular formula is C24H21Cl2N3O2. The highest BCUT2D eigenvalue weighted by molar-refractivity contribution is 6.44. The monoisotopic (exact) mass is 453 g/mol. The fourth-order valence-electron chi connectivity index (χ4n) is 3.41. The van der Waals surface area contributed by atoms with Crippen LogP contribution in [-0.2, 0) is 0 Å². The van der Waals surface area contributed by atoms with Crippen LogP contribution in [0.1, 0.15) is 24.2 Å². The topological polar surface area (TPSA) is 58.4 Å². The van der Waals surface area contributed by atoms with Crippen molar-refractivity contribution in [2.24, 2.45) is 0 Å². The molecule has 1 N–H and O–H groups in total. The van der Waals surface area contributed by atoms with Crippen molar-refractivity contribution in [1.82, 2.24) is 4.98 Å². The Balaban J connectivity index is 1.57. The van der Waals surface area contributed by atoms with Crippen molar-refractivity contribution in [3.8, 4) is 11.5 Å². The van der Waals surface area contributed by atoms with Gasteiger partial charge in [-0.05, 0) is 68.4 Å². The Bertz CT molecular complexity index is 1230. The molecule has 158 valence electrons. The van der Waals surface area contributed by atoms with Gasteiger partial charge in [0.1, 0.15) is 5.52 Å². The van der Waals surface area contributed by atoms with Crippen molar-refractivity contribution in [2.75, 3.05) is 23.3 Å². The number of carbonyl (C=O) groups is 1. The average Bonchev–Trinajstić information content (AvgIpc) is 3.20. The number of amides is 1. The van der Waals surface area contributed by atoms with Crippen LogP contribution in [0.4, 0.5) is 11.4 Å². The maximum atomic E-state index is 12.6. The Morgan fingerprint density at radius 1 is 1.03 bits per heavy atom. The molecule has 4 aromatic rings. The minimum atomic E-state index is -0.345. The number of anilines is 2. The number of benzene rings is 3. The van der Waals surface area contributed by atoms with E-state index in [1.165, 1.54) is 0 Å². The summed E-state index contributed by atoms with van der Waals surface area (Å²) in [7, 11) is 0. The first-order valence-corrected chi connectivity index (χ1v) is 10.8.